The summed E-state index contributed by atoms with van der Waals surface area (Å²) in [7, 11) is 0. The highest BCUT2D eigenvalue weighted by atomic mass is 16.3. The fourth-order valence-electron chi connectivity index (χ4n) is 3.41. The van der Waals surface area contributed by atoms with Gasteiger partial charge in [0.05, 0.1) is 0 Å². The number of nitrogens with zero attached hydrogens (tertiary/aromatic N) is 2. The molecule has 0 radical (unpaired) electrons. The third-order valence-electron chi connectivity index (χ3n) is 4.64. The van der Waals surface area contributed by atoms with E-state index in [-0.39, 0.29) is 5.75 Å². The molecular weight excluding hydrogens is 286 g/mol. The van der Waals surface area contributed by atoms with Crippen LogP contribution < -0.4 is 5.32 Å². The molecule has 0 bridgehead atoms. The summed E-state index contributed by atoms with van der Waals surface area (Å²) in [5.41, 5.74) is 3.68. The number of aryl methyl sites for hydroxylation is 1. The summed E-state index contributed by atoms with van der Waals surface area (Å²) < 4.78 is 2.09. The highest BCUT2D eigenvalue weighted by Crippen LogP contribution is 2.36. The van der Waals surface area contributed by atoms with Crippen LogP contribution in [0.3, 0.4) is 0 Å². The van der Waals surface area contributed by atoms with E-state index in [0.717, 1.165) is 22.7 Å². The van der Waals surface area contributed by atoms with Gasteiger partial charge in [-0.2, -0.15) is 0 Å². The molecule has 1 aliphatic carbocycles. The van der Waals surface area contributed by atoms with E-state index in [1.807, 2.05) is 18.2 Å². The van der Waals surface area contributed by atoms with Crippen LogP contribution in [-0.2, 0) is 0 Å². The molecule has 0 saturated heterocycles. The monoisotopic (exact) mass is 307 g/mol. The number of benzene rings is 1. The van der Waals surface area contributed by atoms with Crippen molar-refractivity contribution in [3.63, 3.8) is 0 Å². The van der Waals surface area contributed by atoms with Gasteiger partial charge in [-0.25, -0.2) is 4.98 Å². The number of fused-ring (bicyclic) bond motifs is 1. The van der Waals surface area contributed by atoms with Crippen molar-refractivity contribution in [3.8, 4) is 17.0 Å². The minimum absolute atomic E-state index is 0.266. The highest BCUT2D eigenvalue weighted by molar-refractivity contribution is 5.80. The Morgan fingerprint density at radius 2 is 1.96 bits per heavy atom. The van der Waals surface area contributed by atoms with E-state index in [1.165, 1.54) is 31.2 Å². The summed E-state index contributed by atoms with van der Waals surface area (Å²) in [5, 5.41) is 13.9. The number of pyridine rings is 1. The molecule has 3 aromatic rings. The summed E-state index contributed by atoms with van der Waals surface area (Å²) in [6, 6.07) is 12.0. The molecule has 0 aliphatic heterocycles. The Morgan fingerprint density at radius 1 is 1.17 bits per heavy atom. The van der Waals surface area contributed by atoms with Crippen LogP contribution in [0.15, 0.2) is 42.6 Å². The van der Waals surface area contributed by atoms with E-state index >= 15 is 0 Å². The number of aromatic hydroxyl groups is 1. The molecule has 2 aromatic heterocycles. The SMILES string of the molecule is Cc1ccn2c(NC3CCCC3)c(-c3ccccc3O)nc2c1. The van der Waals surface area contributed by atoms with Crippen molar-refractivity contribution in [2.45, 2.75) is 38.6 Å². The van der Waals surface area contributed by atoms with Gasteiger partial charge in [0.2, 0.25) is 0 Å². The number of phenolic OH excluding ortho intramolecular Hbond substituents is 1. The number of hydrogen-bond donors (Lipinski definition) is 2. The number of imidazole rings is 1. The molecule has 0 amide bonds. The molecule has 2 heterocycles. The molecule has 1 aliphatic rings. The third kappa shape index (κ3) is 2.54. The first-order valence-corrected chi connectivity index (χ1v) is 8.26. The summed E-state index contributed by atoms with van der Waals surface area (Å²) >= 11 is 0. The topological polar surface area (TPSA) is 49.6 Å². The minimum Gasteiger partial charge on any atom is -0.507 e. The Balaban J connectivity index is 1.89. The van der Waals surface area contributed by atoms with Gasteiger partial charge in [-0.15, -0.1) is 0 Å². The number of nitrogens with one attached hydrogen (secondary N) is 1. The van der Waals surface area contributed by atoms with Crippen LogP contribution in [0.1, 0.15) is 31.2 Å². The second kappa shape index (κ2) is 5.61. The first-order valence-electron chi connectivity index (χ1n) is 8.26. The molecule has 4 heteroatoms. The van der Waals surface area contributed by atoms with Crippen molar-refractivity contribution in [1.29, 1.82) is 0 Å². The second-order valence-electron chi connectivity index (χ2n) is 6.38. The molecule has 1 saturated carbocycles. The van der Waals surface area contributed by atoms with E-state index in [1.54, 1.807) is 6.07 Å². The molecule has 1 fully saturated rings. The van der Waals surface area contributed by atoms with Crippen LogP contribution in [-0.4, -0.2) is 20.5 Å². The fraction of sp³-hybridized carbons (Fsp3) is 0.316. The maximum atomic E-state index is 10.3. The molecule has 23 heavy (non-hydrogen) atoms. The summed E-state index contributed by atoms with van der Waals surface area (Å²) in [4.78, 5) is 4.79. The van der Waals surface area contributed by atoms with Gasteiger partial charge in [0.15, 0.2) is 0 Å². The van der Waals surface area contributed by atoms with Gasteiger partial charge in [-0.05, 0) is 49.6 Å². The average Bonchev–Trinajstić information content (AvgIpc) is 3.16. The molecule has 4 rings (SSSR count). The maximum absolute atomic E-state index is 10.3. The molecular formula is C19H21N3O. The van der Waals surface area contributed by atoms with Crippen LogP contribution in [0.2, 0.25) is 0 Å². The van der Waals surface area contributed by atoms with E-state index in [9.17, 15) is 5.11 Å². The van der Waals surface area contributed by atoms with Gasteiger partial charge in [-0.3, -0.25) is 4.40 Å². The van der Waals surface area contributed by atoms with Crippen molar-refractivity contribution in [3.05, 3.63) is 48.2 Å². The van der Waals surface area contributed by atoms with Crippen molar-refractivity contribution in [2.75, 3.05) is 5.32 Å². The van der Waals surface area contributed by atoms with Crippen LogP contribution >= 0.6 is 0 Å². The zero-order chi connectivity index (χ0) is 15.8. The van der Waals surface area contributed by atoms with Crippen LogP contribution in [0.4, 0.5) is 5.82 Å². The lowest BCUT2D eigenvalue weighted by molar-refractivity contribution is 0.477. The number of hydrogen-bond acceptors (Lipinski definition) is 3. The zero-order valence-electron chi connectivity index (χ0n) is 13.3. The molecule has 4 nitrogen and oxygen atoms in total. The number of anilines is 1. The predicted molar refractivity (Wildman–Crippen MR) is 92.9 cm³/mol. The molecule has 2 N–H and O–H groups in total. The van der Waals surface area contributed by atoms with Gasteiger partial charge in [0.1, 0.15) is 22.9 Å². The van der Waals surface area contributed by atoms with Gasteiger partial charge in [0, 0.05) is 17.8 Å². The van der Waals surface area contributed by atoms with Crippen molar-refractivity contribution in [2.24, 2.45) is 0 Å². The summed E-state index contributed by atoms with van der Waals surface area (Å²) in [6.45, 7) is 2.07. The Morgan fingerprint density at radius 3 is 2.74 bits per heavy atom. The molecule has 1 aromatic carbocycles. The normalized spacial score (nSPS) is 15.3. The average molecular weight is 307 g/mol. The summed E-state index contributed by atoms with van der Waals surface area (Å²) in [6.07, 6.45) is 7.00. The zero-order valence-corrected chi connectivity index (χ0v) is 13.3. The smallest absolute Gasteiger partial charge is 0.139 e. The van der Waals surface area contributed by atoms with E-state index in [0.29, 0.717) is 6.04 Å². The lowest BCUT2D eigenvalue weighted by Crippen LogP contribution is -2.16. The molecule has 0 spiro atoms. The van der Waals surface area contributed by atoms with Crippen LogP contribution in [0.25, 0.3) is 16.9 Å². The number of phenols is 1. The van der Waals surface area contributed by atoms with E-state index in [2.05, 4.69) is 35.0 Å². The Labute approximate surface area is 135 Å². The Kier molecular flexibility index (Phi) is 3.45. The second-order valence-corrected chi connectivity index (χ2v) is 6.38. The standard InChI is InChI=1S/C19H21N3O/c1-13-10-11-22-17(12-13)21-18(15-8-4-5-9-16(15)23)19(22)20-14-6-2-3-7-14/h4-5,8-12,14,20,23H,2-3,6-7H2,1H3. The minimum atomic E-state index is 0.266. The van der Waals surface area contributed by atoms with Gasteiger partial charge in [-0.1, -0.05) is 25.0 Å². The van der Waals surface area contributed by atoms with Gasteiger partial charge < -0.3 is 10.4 Å². The number of rotatable bonds is 3. The third-order valence-corrected chi connectivity index (χ3v) is 4.64. The molecule has 118 valence electrons. The number of para-hydroxylation sites is 1. The van der Waals surface area contributed by atoms with E-state index in [4.69, 9.17) is 4.98 Å². The van der Waals surface area contributed by atoms with E-state index < -0.39 is 0 Å². The first kappa shape index (κ1) is 14.1. The first-order chi connectivity index (χ1) is 11.2. The van der Waals surface area contributed by atoms with Gasteiger partial charge >= 0.3 is 0 Å². The molecule has 0 atom stereocenters. The quantitative estimate of drug-likeness (QED) is 0.755. The Bertz CT molecular complexity index is 847. The largest absolute Gasteiger partial charge is 0.507 e. The predicted octanol–water partition coefficient (Wildman–Crippen LogP) is 4.37. The van der Waals surface area contributed by atoms with Crippen LogP contribution in [0.5, 0.6) is 5.75 Å². The maximum Gasteiger partial charge on any atom is 0.139 e. The Hall–Kier alpha value is -2.49. The van der Waals surface area contributed by atoms with Crippen molar-refractivity contribution < 1.29 is 5.11 Å². The van der Waals surface area contributed by atoms with Crippen molar-refractivity contribution in [1.82, 2.24) is 9.38 Å². The fourth-order valence-corrected chi connectivity index (χ4v) is 3.41. The summed E-state index contributed by atoms with van der Waals surface area (Å²) in [5.74, 6) is 1.25. The lowest BCUT2D eigenvalue weighted by atomic mass is 10.1. The molecule has 0 unspecified atom stereocenters. The van der Waals surface area contributed by atoms with Gasteiger partial charge in [0.25, 0.3) is 0 Å². The highest BCUT2D eigenvalue weighted by Gasteiger charge is 2.21. The van der Waals surface area contributed by atoms with Crippen molar-refractivity contribution >= 4 is 11.5 Å². The number of aromatic nitrogens is 2. The van der Waals surface area contributed by atoms with Crippen LogP contribution in [0, 0.1) is 6.92 Å². The lowest BCUT2D eigenvalue weighted by Gasteiger charge is -2.15.